The fraction of sp³-hybridized carbons (Fsp3) is 0.0476. The zero-order valence-electron chi connectivity index (χ0n) is 16.3. The minimum absolute atomic E-state index is 0.0906. The summed E-state index contributed by atoms with van der Waals surface area (Å²) in [6.45, 7) is 0. The van der Waals surface area contributed by atoms with Crippen LogP contribution in [0.1, 0.15) is 15.4 Å². The first-order valence-corrected chi connectivity index (χ1v) is 11.7. The number of fused-ring (bicyclic) bond motifs is 1. The lowest BCUT2D eigenvalue weighted by atomic mass is 10.2. The van der Waals surface area contributed by atoms with E-state index in [-0.39, 0.29) is 9.50 Å². The highest BCUT2D eigenvalue weighted by atomic mass is 32.2. The van der Waals surface area contributed by atoms with Gasteiger partial charge in [0.1, 0.15) is 4.88 Å². The third-order valence-corrected chi connectivity index (χ3v) is 7.71. The Hall–Kier alpha value is -3.22. The predicted molar refractivity (Wildman–Crippen MR) is 120 cm³/mol. The average Bonchev–Trinajstić information content (AvgIpc) is 3.50. The van der Waals surface area contributed by atoms with Crippen LogP contribution in [0.3, 0.4) is 0 Å². The zero-order valence-corrected chi connectivity index (χ0v) is 18.7. The van der Waals surface area contributed by atoms with Crippen LogP contribution in [-0.4, -0.2) is 30.8 Å². The number of hydrogen-bond donors (Lipinski definition) is 1. The molecule has 0 unspecified atom stereocenters. The molecule has 5 rings (SSSR count). The van der Waals surface area contributed by atoms with E-state index < -0.39 is 22.7 Å². The summed E-state index contributed by atoms with van der Waals surface area (Å²) in [5.41, 5.74) is -0.707. The normalized spacial score (nSPS) is 11.8. The van der Waals surface area contributed by atoms with E-state index in [1.165, 1.54) is 11.3 Å². The topological polar surface area (TPSA) is 80.9 Å². The Morgan fingerprint density at radius 3 is 2.39 bits per heavy atom. The summed E-state index contributed by atoms with van der Waals surface area (Å²) in [6, 6.07) is 19.0. The van der Waals surface area contributed by atoms with Crippen LogP contribution in [0, 0.1) is 0 Å². The number of aromatic nitrogens is 4. The van der Waals surface area contributed by atoms with Gasteiger partial charge in [-0.05, 0) is 41.4 Å². The molecule has 6 nitrogen and oxygen atoms in total. The molecule has 0 saturated heterocycles. The Kier molecular flexibility index (Phi) is 5.43. The summed E-state index contributed by atoms with van der Waals surface area (Å²) < 4.78 is 42.5. The lowest BCUT2D eigenvalue weighted by Crippen LogP contribution is -2.11. The molecule has 5 aromatic rings. The number of carbonyl (C=O) groups is 1. The number of para-hydroxylation sites is 1. The van der Waals surface area contributed by atoms with Crippen molar-refractivity contribution in [1.82, 2.24) is 19.7 Å². The van der Waals surface area contributed by atoms with Crippen molar-refractivity contribution < 1.29 is 23.1 Å². The maximum atomic E-state index is 13.3. The van der Waals surface area contributed by atoms with Crippen molar-refractivity contribution >= 4 is 50.5 Å². The molecule has 0 aliphatic heterocycles. The molecule has 12 heteroatoms. The summed E-state index contributed by atoms with van der Waals surface area (Å²) in [7, 11) is 0. The fourth-order valence-corrected chi connectivity index (χ4v) is 6.15. The van der Waals surface area contributed by atoms with Gasteiger partial charge in [-0.25, -0.2) is 9.78 Å². The number of carboxylic acid groups (broad SMARTS) is 1. The van der Waals surface area contributed by atoms with Gasteiger partial charge in [0.05, 0.1) is 4.88 Å². The van der Waals surface area contributed by atoms with Gasteiger partial charge in [0.2, 0.25) is 5.16 Å². The standard InChI is InChI=1S/C21H11F3N4O2S3/c22-21(23,24)16-15(18(29)30)32-20(25-16)33-19-27-26-17(28(19)12-7-2-1-3-8-12)14-10-11-6-4-5-9-13(11)31-14/h1-10H,(H,29,30). The lowest BCUT2D eigenvalue weighted by molar-refractivity contribution is -0.141. The average molecular weight is 505 g/mol. The highest BCUT2D eigenvalue weighted by molar-refractivity contribution is 8.00. The fourth-order valence-electron chi connectivity index (χ4n) is 3.16. The van der Waals surface area contributed by atoms with E-state index in [9.17, 15) is 23.1 Å². The predicted octanol–water partition coefficient (Wildman–Crippen LogP) is 6.47. The lowest BCUT2D eigenvalue weighted by Gasteiger charge is -2.08. The summed E-state index contributed by atoms with van der Waals surface area (Å²) in [6.07, 6.45) is -4.88. The maximum Gasteiger partial charge on any atom is 0.435 e. The molecule has 0 radical (unpaired) electrons. The maximum absolute atomic E-state index is 13.3. The molecule has 0 amide bonds. The van der Waals surface area contributed by atoms with E-state index in [0.29, 0.717) is 22.8 Å². The molecule has 3 aromatic heterocycles. The number of carboxylic acids is 1. The highest BCUT2D eigenvalue weighted by Crippen LogP contribution is 2.41. The molecule has 2 aromatic carbocycles. The zero-order chi connectivity index (χ0) is 23.2. The molecule has 0 fully saturated rings. The van der Waals surface area contributed by atoms with Crippen LogP contribution in [-0.2, 0) is 6.18 Å². The van der Waals surface area contributed by atoms with Gasteiger partial charge in [0, 0.05) is 10.4 Å². The number of alkyl halides is 3. The molecular weight excluding hydrogens is 493 g/mol. The monoisotopic (exact) mass is 504 g/mol. The number of rotatable bonds is 5. The van der Waals surface area contributed by atoms with E-state index in [4.69, 9.17) is 0 Å². The smallest absolute Gasteiger partial charge is 0.435 e. The van der Waals surface area contributed by atoms with Crippen molar-refractivity contribution in [2.45, 2.75) is 15.7 Å². The Bertz CT molecular complexity index is 1440. The van der Waals surface area contributed by atoms with Crippen LogP contribution in [0.2, 0.25) is 0 Å². The minimum atomic E-state index is -4.88. The number of benzene rings is 2. The summed E-state index contributed by atoms with van der Waals surface area (Å²) in [5, 5.41) is 19.0. The van der Waals surface area contributed by atoms with Gasteiger partial charge in [0.25, 0.3) is 0 Å². The van der Waals surface area contributed by atoms with Gasteiger partial charge in [-0.15, -0.1) is 21.5 Å². The van der Waals surface area contributed by atoms with Crippen LogP contribution in [0.4, 0.5) is 13.2 Å². The van der Waals surface area contributed by atoms with Crippen LogP contribution in [0.25, 0.3) is 26.5 Å². The van der Waals surface area contributed by atoms with Crippen molar-refractivity contribution in [3.05, 3.63) is 71.2 Å². The molecule has 0 saturated carbocycles. The largest absolute Gasteiger partial charge is 0.477 e. The van der Waals surface area contributed by atoms with Crippen LogP contribution < -0.4 is 0 Å². The number of halogens is 3. The van der Waals surface area contributed by atoms with Crippen molar-refractivity contribution in [2.75, 3.05) is 0 Å². The third-order valence-electron chi connectivity index (χ3n) is 4.54. The van der Waals surface area contributed by atoms with Gasteiger partial charge in [-0.1, -0.05) is 47.7 Å². The van der Waals surface area contributed by atoms with Crippen molar-refractivity contribution in [3.8, 4) is 16.4 Å². The van der Waals surface area contributed by atoms with E-state index in [2.05, 4.69) is 15.2 Å². The first kappa shape index (κ1) is 21.6. The van der Waals surface area contributed by atoms with Crippen molar-refractivity contribution in [1.29, 1.82) is 0 Å². The number of hydrogen-bond acceptors (Lipinski definition) is 7. The van der Waals surface area contributed by atoms with Crippen LogP contribution in [0.15, 0.2) is 70.2 Å². The number of aromatic carboxylic acids is 1. The molecule has 166 valence electrons. The molecule has 3 heterocycles. The van der Waals surface area contributed by atoms with E-state index in [0.717, 1.165) is 26.7 Å². The molecule has 33 heavy (non-hydrogen) atoms. The minimum Gasteiger partial charge on any atom is -0.477 e. The van der Waals surface area contributed by atoms with E-state index in [1.807, 2.05) is 60.7 Å². The van der Waals surface area contributed by atoms with E-state index >= 15 is 0 Å². The number of thiazole rings is 1. The summed E-state index contributed by atoms with van der Waals surface area (Å²) >= 11 is 2.81. The Balaban J connectivity index is 1.63. The van der Waals surface area contributed by atoms with Gasteiger partial charge >= 0.3 is 12.1 Å². The van der Waals surface area contributed by atoms with Crippen LogP contribution in [0.5, 0.6) is 0 Å². The second-order valence-electron chi connectivity index (χ2n) is 6.69. The number of nitrogens with zero attached hydrogens (tertiary/aromatic N) is 4. The Morgan fingerprint density at radius 2 is 1.73 bits per heavy atom. The quantitative estimate of drug-likeness (QED) is 0.295. The highest BCUT2D eigenvalue weighted by Gasteiger charge is 2.40. The van der Waals surface area contributed by atoms with Gasteiger partial charge in [0.15, 0.2) is 15.9 Å². The molecule has 1 N–H and O–H groups in total. The van der Waals surface area contributed by atoms with Gasteiger partial charge in [-0.3, -0.25) is 4.57 Å². The second kappa shape index (κ2) is 8.28. The SMILES string of the molecule is O=C(O)c1sc(Sc2nnc(-c3cc4ccccc4s3)n2-c2ccccc2)nc1C(F)(F)F. The van der Waals surface area contributed by atoms with Gasteiger partial charge < -0.3 is 5.11 Å². The first-order valence-electron chi connectivity index (χ1n) is 9.30. The van der Waals surface area contributed by atoms with Crippen molar-refractivity contribution in [2.24, 2.45) is 0 Å². The summed E-state index contributed by atoms with van der Waals surface area (Å²) in [5.74, 6) is -1.15. The third kappa shape index (κ3) is 4.12. The van der Waals surface area contributed by atoms with E-state index in [1.54, 1.807) is 4.57 Å². The molecular formula is C21H11F3N4O2S3. The van der Waals surface area contributed by atoms with Crippen LogP contribution >= 0.6 is 34.4 Å². The molecule has 0 aliphatic rings. The van der Waals surface area contributed by atoms with Crippen molar-refractivity contribution in [3.63, 3.8) is 0 Å². The molecule has 0 bridgehead atoms. The first-order chi connectivity index (χ1) is 15.8. The van der Waals surface area contributed by atoms with Gasteiger partial charge in [-0.2, -0.15) is 13.2 Å². The second-order valence-corrected chi connectivity index (χ2v) is 9.99. The molecule has 0 spiro atoms. The summed E-state index contributed by atoms with van der Waals surface area (Å²) in [4.78, 5) is 14.8. The molecule has 0 aliphatic carbocycles. The molecule has 0 atom stereocenters. The Morgan fingerprint density at radius 1 is 1.00 bits per heavy atom. The number of thiophene rings is 1. The Labute approximate surface area is 196 Å².